The predicted molar refractivity (Wildman–Crippen MR) is 101 cm³/mol. The normalized spacial score (nSPS) is 24.5. The minimum atomic E-state index is -0.0382. The summed E-state index contributed by atoms with van der Waals surface area (Å²) < 4.78 is 7.82. The zero-order valence-electron chi connectivity index (χ0n) is 15.5. The molecular formula is C21H24N4O2. The van der Waals surface area contributed by atoms with Crippen molar-refractivity contribution in [1.29, 1.82) is 5.26 Å². The molecule has 0 aliphatic carbocycles. The Morgan fingerprint density at radius 2 is 2.15 bits per heavy atom. The molecule has 4 rings (SSSR count). The first-order chi connectivity index (χ1) is 13.2. The average molecular weight is 364 g/mol. The Hall–Kier alpha value is -2.62. The van der Waals surface area contributed by atoms with Gasteiger partial charge in [-0.1, -0.05) is 18.2 Å². The van der Waals surface area contributed by atoms with Crippen molar-refractivity contribution in [2.75, 3.05) is 26.2 Å². The number of nitrogens with one attached hydrogen (secondary N) is 1. The van der Waals surface area contributed by atoms with Crippen LogP contribution in [0.4, 0.5) is 0 Å². The highest BCUT2D eigenvalue weighted by atomic mass is 16.5. The van der Waals surface area contributed by atoms with Crippen LogP contribution in [0.15, 0.2) is 42.6 Å². The fourth-order valence-electron chi connectivity index (χ4n) is 4.24. The minimum absolute atomic E-state index is 0.0382. The van der Waals surface area contributed by atoms with Crippen LogP contribution < -0.4 is 5.32 Å². The van der Waals surface area contributed by atoms with Crippen LogP contribution in [0.3, 0.4) is 0 Å². The molecule has 6 heteroatoms. The van der Waals surface area contributed by atoms with Gasteiger partial charge >= 0.3 is 0 Å². The lowest BCUT2D eigenvalue weighted by Gasteiger charge is -2.20. The van der Waals surface area contributed by atoms with E-state index in [2.05, 4.69) is 16.3 Å². The van der Waals surface area contributed by atoms with Crippen LogP contribution in [0.5, 0.6) is 0 Å². The maximum Gasteiger partial charge on any atom is 0.267 e. The first kappa shape index (κ1) is 17.8. The first-order valence-corrected chi connectivity index (χ1v) is 9.37. The molecule has 1 aromatic heterocycles. The fourth-order valence-corrected chi connectivity index (χ4v) is 4.24. The number of aromatic nitrogens is 1. The summed E-state index contributed by atoms with van der Waals surface area (Å²) in [7, 11) is 1.87. The Morgan fingerprint density at radius 1 is 1.30 bits per heavy atom. The highest BCUT2D eigenvalue weighted by Crippen LogP contribution is 2.34. The molecule has 140 valence electrons. The third kappa shape index (κ3) is 3.61. The highest BCUT2D eigenvalue weighted by Gasteiger charge is 2.43. The third-order valence-corrected chi connectivity index (χ3v) is 5.75. The Bertz CT molecular complexity index is 869. The van der Waals surface area contributed by atoms with Gasteiger partial charge in [-0.05, 0) is 23.8 Å². The Balaban J connectivity index is 1.34. The number of aryl methyl sites for hydroxylation is 1. The molecule has 1 N–H and O–H groups in total. The molecule has 6 nitrogen and oxygen atoms in total. The number of carbonyl (C=O) groups is 1. The molecule has 2 aliphatic heterocycles. The number of benzene rings is 1. The maximum atomic E-state index is 12.3. The molecule has 2 saturated heterocycles. The second-order valence-corrected chi connectivity index (χ2v) is 7.47. The molecule has 1 amide bonds. The lowest BCUT2D eigenvalue weighted by Crippen LogP contribution is -2.34. The number of rotatable bonds is 5. The molecule has 0 radical (unpaired) electrons. The summed E-state index contributed by atoms with van der Waals surface area (Å²) >= 11 is 0. The van der Waals surface area contributed by atoms with Crippen molar-refractivity contribution >= 4 is 5.91 Å². The number of fused-ring (bicyclic) bond motifs is 1. The number of amides is 1. The molecule has 2 fully saturated rings. The molecule has 0 unspecified atom stereocenters. The largest absolute Gasteiger partial charge is 0.376 e. The molecule has 0 saturated carbocycles. The molecular weight excluding hydrogens is 340 g/mol. The van der Waals surface area contributed by atoms with E-state index in [9.17, 15) is 10.1 Å². The van der Waals surface area contributed by atoms with Gasteiger partial charge in [0.1, 0.15) is 5.69 Å². The Labute approximate surface area is 159 Å². The van der Waals surface area contributed by atoms with Crippen LogP contribution in [0.2, 0.25) is 0 Å². The van der Waals surface area contributed by atoms with Crippen LogP contribution in [0, 0.1) is 23.2 Å². The molecule has 27 heavy (non-hydrogen) atoms. The van der Waals surface area contributed by atoms with E-state index in [4.69, 9.17) is 4.74 Å². The smallest absolute Gasteiger partial charge is 0.267 e. The van der Waals surface area contributed by atoms with Gasteiger partial charge in [0.25, 0.3) is 5.91 Å². The van der Waals surface area contributed by atoms with E-state index in [1.807, 2.05) is 54.2 Å². The van der Waals surface area contributed by atoms with E-state index in [-0.39, 0.29) is 12.0 Å². The van der Waals surface area contributed by atoms with E-state index in [1.165, 1.54) is 0 Å². The van der Waals surface area contributed by atoms with Crippen molar-refractivity contribution in [3.05, 3.63) is 59.4 Å². The van der Waals surface area contributed by atoms with Crippen LogP contribution >= 0.6 is 0 Å². The van der Waals surface area contributed by atoms with E-state index in [0.29, 0.717) is 30.7 Å². The SMILES string of the molecule is Cn1cccc1C(=O)NC[C@@H]1CO[C@@H]2CN(Cc3ccccc3C#N)C[C@H]12. The van der Waals surface area contributed by atoms with Gasteiger partial charge in [0.15, 0.2) is 0 Å². The maximum absolute atomic E-state index is 12.3. The van der Waals surface area contributed by atoms with Gasteiger partial charge in [-0.2, -0.15) is 5.26 Å². The van der Waals surface area contributed by atoms with Crippen molar-refractivity contribution in [3.63, 3.8) is 0 Å². The van der Waals surface area contributed by atoms with Gasteiger partial charge in [-0.3, -0.25) is 9.69 Å². The predicted octanol–water partition coefficient (Wildman–Crippen LogP) is 1.77. The minimum Gasteiger partial charge on any atom is -0.376 e. The molecule has 3 atom stereocenters. The third-order valence-electron chi connectivity index (χ3n) is 5.75. The lowest BCUT2D eigenvalue weighted by atomic mass is 9.93. The fraction of sp³-hybridized carbons (Fsp3) is 0.429. The summed E-state index contributed by atoms with van der Waals surface area (Å²) in [6.07, 6.45) is 2.09. The van der Waals surface area contributed by atoms with Crippen molar-refractivity contribution in [3.8, 4) is 6.07 Å². The summed E-state index contributed by atoms with van der Waals surface area (Å²) in [6, 6.07) is 13.7. The van der Waals surface area contributed by atoms with Crippen molar-refractivity contribution in [2.45, 2.75) is 12.6 Å². The molecule has 3 heterocycles. The summed E-state index contributed by atoms with van der Waals surface area (Å²) in [5, 5.41) is 12.3. The summed E-state index contributed by atoms with van der Waals surface area (Å²) in [5.74, 6) is 0.715. The number of hydrogen-bond acceptors (Lipinski definition) is 4. The van der Waals surface area contributed by atoms with Crippen molar-refractivity contribution in [1.82, 2.24) is 14.8 Å². The van der Waals surface area contributed by atoms with Gasteiger partial charge in [0, 0.05) is 51.3 Å². The van der Waals surface area contributed by atoms with Crippen molar-refractivity contribution < 1.29 is 9.53 Å². The van der Waals surface area contributed by atoms with Gasteiger partial charge in [0.2, 0.25) is 0 Å². The molecule has 0 bridgehead atoms. The van der Waals surface area contributed by atoms with Crippen LogP contribution in [-0.4, -0.2) is 47.7 Å². The molecule has 0 spiro atoms. The van der Waals surface area contributed by atoms with Gasteiger partial charge in [-0.15, -0.1) is 0 Å². The van der Waals surface area contributed by atoms with E-state index in [0.717, 1.165) is 30.8 Å². The standard InChI is InChI=1S/C21H24N4O2/c1-24-8-4-7-19(24)21(26)23-10-17-14-27-20-13-25(12-18(17)20)11-16-6-3-2-5-15(16)9-22/h2-8,17-18,20H,10-14H2,1H3,(H,23,26)/t17-,18-,20-/m1/s1. The summed E-state index contributed by atoms with van der Waals surface area (Å²) in [5.41, 5.74) is 2.47. The van der Waals surface area contributed by atoms with E-state index in [1.54, 1.807) is 0 Å². The summed E-state index contributed by atoms with van der Waals surface area (Å²) in [6.45, 7) is 3.92. The number of nitrogens with zero attached hydrogens (tertiary/aromatic N) is 3. The van der Waals surface area contributed by atoms with Gasteiger partial charge in [0.05, 0.1) is 24.3 Å². The lowest BCUT2D eigenvalue weighted by molar-refractivity contribution is 0.0899. The van der Waals surface area contributed by atoms with Crippen LogP contribution in [0.1, 0.15) is 21.6 Å². The Morgan fingerprint density at radius 3 is 2.93 bits per heavy atom. The van der Waals surface area contributed by atoms with Crippen LogP contribution in [-0.2, 0) is 18.3 Å². The zero-order valence-corrected chi connectivity index (χ0v) is 15.5. The second kappa shape index (κ2) is 7.55. The van der Waals surface area contributed by atoms with Crippen molar-refractivity contribution in [2.24, 2.45) is 18.9 Å². The number of likely N-dealkylation sites (tertiary alicyclic amines) is 1. The van der Waals surface area contributed by atoms with Crippen LogP contribution in [0.25, 0.3) is 0 Å². The number of nitriles is 1. The first-order valence-electron chi connectivity index (χ1n) is 9.37. The number of hydrogen-bond donors (Lipinski definition) is 1. The Kier molecular flexibility index (Phi) is 4.97. The summed E-state index contributed by atoms with van der Waals surface area (Å²) in [4.78, 5) is 14.7. The number of carbonyl (C=O) groups excluding carboxylic acids is 1. The quantitative estimate of drug-likeness (QED) is 0.878. The monoisotopic (exact) mass is 364 g/mol. The van der Waals surface area contributed by atoms with E-state index >= 15 is 0 Å². The molecule has 2 aromatic rings. The average Bonchev–Trinajstić information content (AvgIpc) is 3.36. The van der Waals surface area contributed by atoms with Gasteiger partial charge in [-0.25, -0.2) is 0 Å². The zero-order chi connectivity index (χ0) is 18.8. The second-order valence-electron chi connectivity index (χ2n) is 7.47. The number of ether oxygens (including phenoxy) is 1. The topological polar surface area (TPSA) is 70.3 Å². The highest BCUT2D eigenvalue weighted by molar-refractivity contribution is 5.92. The molecule has 1 aromatic carbocycles. The van der Waals surface area contributed by atoms with Gasteiger partial charge < -0.3 is 14.6 Å². The molecule has 2 aliphatic rings. The van der Waals surface area contributed by atoms with E-state index < -0.39 is 0 Å².